The monoisotopic (exact) mass is 239 g/mol. The van der Waals surface area contributed by atoms with Crippen molar-refractivity contribution in [2.75, 3.05) is 11.1 Å². The summed E-state index contributed by atoms with van der Waals surface area (Å²) >= 11 is 0. The fourth-order valence-corrected chi connectivity index (χ4v) is 1.63. The van der Waals surface area contributed by atoms with E-state index in [4.69, 9.17) is 11.0 Å². The molecule has 0 fully saturated rings. The van der Waals surface area contributed by atoms with E-state index in [1.165, 1.54) is 0 Å². The first-order valence-corrected chi connectivity index (χ1v) is 5.47. The highest BCUT2D eigenvalue weighted by molar-refractivity contribution is 5.68. The molecular formula is C13H13N5. The average molecular weight is 239 g/mol. The summed E-state index contributed by atoms with van der Waals surface area (Å²) in [6, 6.07) is 7.80. The molecular weight excluding hydrogens is 226 g/mol. The van der Waals surface area contributed by atoms with Crippen LogP contribution in [0.3, 0.4) is 0 Å². The Morgan fingerprint density at radius 3 is 2.78 bits per heavy atom. The third-order valence-electron chi connectivity index (χ3n) is 2.63. The zero-order chi connectivity index (χ0) is 13.1. The van der Waals surface area contributed by atoms with Gasteiger partial charge >= 0.3 is 0 Å². The van der Waals surface area contributed by atoms with Crippen LogP contribution >= 0.6 is 0 Å². The first kappa shape index (κ1) is 11.9. The molecule has 1 aromatic carbocycles. The molecule has 0 saturated heterocycles. The van der Waals surface area contributed by atoms with Gasteiger partial charge in [0, 0.05) is 11.8 Å². The number of anilines is 3. The minimum Gasteiger partial charge on any atom is -0.368 e. The van der Waals surface area contributed by atoms with Gasteiger partial charge in [0.15, 0.2) is 0 Å². The van der Waals surface area contributed by atoms with E-state index >= 15 is 0 Å². The first-order chi connectivity index (χ1) is 8.61. The van der Waals surface area contributed by atoms with Gasteiger partial charge in [-0.2, -0.15) is 10.2 Å². The summed E-state index contributed by atoms with van der Waals surface area (Å²) < 4.78 is 0. The van der Waals surface area contributed by atoms with Crippen LogP contribution in [0.25, 0.3) is 0 Å². The van der Waals surface area contributed by atoms with Crippen molar-refractivity contribution in [1.29, 1.82) is 5.26 Å². The molecule has 5 nitrogen and oxygen atoms in total. The standard InChI is InChI=1S/C13H13N5/c1-8-4-3-5-11(10(8)6-14)17-12-9(2)7-16-13(15)18-12/h3-5,7H,1-2H3,(H3,15,16,17,18). The predicted molar refractivity (Wildman–Crippen MR) is 70.4 cm³/mol. The van der Waals surface area contributed by atoms with Crippen molar-refractivity contribution in [3.05, 3.63) is 41.1 Å². The summed E-state index contributed by atoms with van der Waals surface area (Å²) in [6.07, 6.45) is 1.65. The average Bonchev–Trinajstić information content (AvgIpc) is 2.34. The van der Waals surface area contributed by atoms with Gasteiger partial charge in [-0.05, 0) is 25.5 Å². The molecule has 0 aliphatic carbocycles. The second-order valence-electron chi connectivity index (χ2n) is 3.99. The molecule has 0 bridgehead atoms. The van der Waals surface area contributed by atoms with Gasteiger partial charge in [0.05, 0.1) is 11.3 Å². The van der Waals surface area contributed by atoms with Crippen LogP contribution in [-0.2, 0) is 0 Å². The maximum Gasteiger partial charge on any atom is 0.221 e. The van der Waals surface area contributed by atoms with Crippen molar-refractivity contribution in [1.82, 2.24) is 9.97 Å². The SMILES string of the molecule is Cc1cnc(N)nc1Nc1cccc(C)c1C#N. The van der Waals surface area contributed by atoms with Crippen molar-refractivity contribution < 1.29 is 0 Å². The van der Waals surface area contributed by atoms with Crippen LogP contribution in [0.2, 0.25) is 0 Å². The van der Waals surface area contributed by atoms with E-state index in [-0.39, 0.29) is 5.95 Å². The lowest BCUT2D eigenvalue weighted by atomic mass is 10.1. The Balaban J connectivity index is 2.44. The maximum absolute atomic E-state index is 9.15. The second kappa shape index (κ2) is 4.72. The summed E-state index contributed by atoms with van der Waals surface area (Å²) in [6.45, 7) is 3.77. The summed E-state index contributed by atoms with van der Waals surface area (Å²) in [4.78, 5) is 8.02. The minimum absolute atomic E-state index is 0.203. The highest BCUT2D eigenvalue weighted by Crippen LogP contribution is 2.23. The van der Waals surface area contributed by atoms with Crippen LogP contribution in [-0.4, -0.2) is 9.97 Å². The summed E-state index contributed by atoms with van der Waals surface area (Å²) in [7, 11) is 0. The van der Waals surface area contributed by atoms with Crippen molar-refractivity contribution >= 4 is 17.5 Å². The van der Waals surface area contributed by atoms with Gasteiger partial charge in [-0.1, -0.05) is 12.1 Å². The number of nitrogen functional groups attached to an aromatic ring is 1. The van der Waals surface area contributed by atoms with E-state index in [0.29, 0.717) is 11.4 Å². The van der Waals surface area contributed by atoms with Gasteiger partial charge in [-0.3, -0.25) is 0 Å². The molecule has 90 valence electrons. The van der Waals surface area contributed by atoms with Crippen molar-refractivity contribution in [2.45, 2.75) is 13.8 Å². The fraction of sp³-hybridized carbons (Fsp3) is 0.154. The Morgan fingerprint density at radius 2 is 2.06 bits per heavy atom. The molecule has 0 saturated carbocycles. The largest absolute Gasteiger partial charge is 0.368 e. The predicted octanol–water partition coefficient (Wildman–Crippen LogP) is 2.29. The third kappa shape index (κ3) is 2.23. The fourth-order valence-electron chi connectivity index (χ4n) is 1.63. The Hall–Kier alpha value is -2.61. The third-order valence-corrected chi connectivity index (χ3v) is 2.63. The summed E-state index contributed by atoms with van der Waals surface area (Å²) in [5.41, 5.74) is 8.67. The van der Waals surface area contributed by atoms with E-state index in [1.54, 1.807) is 6.20 Å². The zero-order valence-corrected chi connectivity index (χ0v) is 10.2. The molecule has 1 heterocycles. The highest BCUT2D eigenvalue weighted by atomic mass is 15.1. The normalized spacial score (nSPS) is 9.83. The quantitative estimate of drug-likeness (QED) is 0.839. The molecule has 0 aliphatic heterocycles. The molecule has 5 heteroatoms. The molecule has 0 radical (unpaired) electrons. The minimum atomic E-state index is 0.203. The Kier molecular flexibility index (Phi) is 3.11. The zero-order valence-electron chi connectivity index (χ0n) is 10.2. The van der Waals surface area contributed by atoms with E-state index in [2.05, 4.69) is 21.4 Å². The lowest BCUT2D eigenvalue weighted by Gasteiger charge is -2.11. The number of nitrogens with two attached hydrogens (primary N) is 1. The highest BCUT2D eigenvalue weighted by Gasteiger charge is 2.08. The van der Waals surface area contributed by atoms with E-state index in [1.807, 2.05) is 32.0 Å². The second-order valence-corrected chi connectivity index (χ2v) is 3.99. The van der Waals surface area contributed by atoms with Crippen LogP contribution in [0.1, 0.15) is 16.7 Å². The smallest absolute Gasteiger partial charge is 0.221 e. The van der Waals surface area contributed by atoms with Crippen LogP contribution in [0.5, 0.6) is 0 Å². The van der Waals surface area contributed by atoms with Crippen molar-refractivity contribution in [3.8, 4) is 6.07 Å². The van der Waals surface area contributed by atoms with Gasteiger partial charge in [-0.25, -0.2) is 4.98 Å². The van der Waals surface area contributed by atoms with E-state index in [0.717, 1.165) is 16.8 Å². The Morgan fingerprint density at radius 1 is 1.28 bits per heavy atom. The van der Waals surface area contributed by atoms with E-state index in [9.17, 15) is 0 Å². The lowest BCUT2D eigenvalue weighted by molar-refractivity contribution is 1.14. The molecule has 2 rings (SSSR count). The van der Waals surface area contributed by atoms with Gasteiger partial charge in [0.2, 0.25) is 5.95 Å². The molecule has 3 N–H and O–H groups in total. The van der Waals surface area contributed by atoms with Crippen LogP contribution in [0, 0.1) is 25.2 Å². The Labute approximate surface area is 105 Å². The van der Waals surface area contributed by atoms with Crippen molar-refractivity contribution in [3.63, 3.8) is 0 Å². The molecule has 0 amide bonds. The number of aromatic nitrogens is 2. The molecule has 0 spiro atoms. The Bertz CT molecular complexity index is 628. The number of aryl methyl sites for hydroxylation is 2. The molecule has 0 unspecified atom stereocenters. The summed E-state index contributed by atoms with van der Waals surface area (Å²) in [5, 5.41) is 12.3. The van der Waals surface area contributed by atoms with Crippen LogP contribution in [0.15, 0.2) is 24.4 Å². The molecule has 0 aliphatic rings. The van der Waals surface area contributed by atoms with Gasteiger partial charge in [-0.15, -0.1) is 0 Å². The van der Waals surface area contributed by atoms with Gasteiger partial charge in [0.1, 0.15) is 11.9 Å². The number of nitriles is 1. The molecule has 18 heavy (non-hydrogen) atoms. The molecule has 1 aromatic heterocycles. The molecule has 2 aromatic rings. The maximum atomic E-state index is 9.15. The van der Waals surface area contributed by atoms with Gasteiger partial charge in [0.25, 0.3) is 0 Å². The van der Waals surface area contributed by atoms with Crippen molar-refractivity contribution in [2.24, 2.45) is 0 Å². The number of nitrogens with one attached hydrogen (secondary N) is 1. The first-order valence-electron chi connectivity index (χ1n) is 5.47. The number of hydrogen-bond acceptors (Lipinski definition) is 5. The van der Waals surface area contributed by atoms with Gasteiger partial charge < -0.3 is 11.1 Å². The van der Waals surface area contributed by atoms with E-state index < -0.39 is 0 Å². The van der Waals surface area contributed by atoms with Crippen LogP contribution in [0.4, 0.5) is 17.5 Å². The number of rotatable bonds is 2. The number of nitrogens with zero attached hydrogens (tertiary/aromatic N) is 3. The lowest BCUT2D eigenvalue weighted by Crippen LogP contribution is -2.03. The number of hydrogen-bond donors (Lipinski definition) is 2. The topological polar surface area (TPSA) is 87.6 Å². The van der Waals surface area contributed by atoms with Crippen LogP contribution < -0.4 is 11.1 Å². The number of benzene rings is 1. The summed E-state index contributed by atoms with van der Waals surface area (Å²) in [5.74, 6) is 0.818. The molecule has 0 atom stereocenters.